The van der Waals surface area contributed by atoms with E-state index in [1.54, 1.807) is 30.3 Å². The Kier molecular flexibility index (Phi) is 6.61. The summed E-state index contributed by atoms with van der Waals surface area (Å²) in [6.07, 6.45) is -0.977. The smallest absolute Gasteiger partial charge is 0.451 e. The van der Waals surface area contributed by atoms with Crippen LogP contribution in [0.5, 0.6) is 23.0 Å². The van der Waals surface area contributed by atoms with Crippen molar-refractivity contribution in [2.45, 2.75) is 6.29 Å². The zero-order valence-electron chi connectivity index (χ0n) is 15.4. The van der Waals surface area contributed by atoms with Gasteiger partial charge in [0.05, 0.1) is 0 Å². The van der Waals surface area contributed by atoms with E-state index in [2.05, 4.69) is 8.37 Å². The van der Waals surface area contributed by atoms with Crippen molar-refractivity contribution in [3.63, 3.8) is 0 Å². The van der Waals surface area contributed by atoms with E-state index in [0.29, 0.717) is 5.56 Å². The van der Waals surface area contributed by atoms with Gasteiger partial charge in [-0.3, -0.25) is 0 Å². The molecule has 0 heterocycles. The molecule has 3 aromatic carbocycles. The number of rotatable bonds is 9. The number of hydrogen-bond donors (Lipinski definition) is 0. The maximum Gasteiger partial charge on any atom is 0.488 e. The van der Waals surface area contributed by atoms with Crippen LogP contribution in [-0.4, -0.2) is 16.8 Å². The highest BCUT2D eigenvalue weighted by atomic mass is 32.3. The molecule has 0 aliphatic heterocycles. The first-order chi connectivity index (χ1) is 14.6. The molecule has 0 N–H and O–H groups in total. The van der Waals surface area contributed by atoms with Crippen LogP contribution in [0.1, 0.15) is 11.9 Å². The van der Waals surface area contributed by atoms with Crippen molar-refractivity contribution >= 4 is 21.0 Å². The van der Waals surface area contributed by atoms with E-state index in [1.165, 1.54) is 48.5 Å². The van der Waals surface area contributed by atoms with Gasteiger partial charge < -0.3 is 17.8 Å². The van der Waals surface area contributed by atoms with Crippen molar-refractivity contribution in [3.8, 4) is 23.0 Å². The summed E-state index contributed by atoms with van der Waals surface area (Å²) in [5.41, 5.74) is 0.612. The van der Waals surface area contributed by atoms with Crippen LogP contribution >= 0.6 is 0 Å². The van der Waals surface area contributed by atoms with Gasteiger partial charge in [-0.2, -0.15) is 16.8 Å². The summed E-state index contributed by atoms with van der Waals surface area (Å²) in [6.45, 7) is 0. The van der Waals surface area contributed by atoms with Crippen molar-refractivity contribution in [2.24, 2.45) is 0 Å². The third-order valence-corrected chi connectivity index (χ3v) is 4.38. The quantitative estimate of drug-likeness (QED) is 0.340. The Hall–Kier alpha value is -3.38. The Balaban J connectivity index is 1.78. The summed E-state index contributed by atoms with van der Waals surface area (Å²) in [4.78, 5) is 0. The first kappa shape index (κ1) is 22.3. The van der Waals surface area contributed by atoms with Crippen LogP contribution in [0.3, 0.4) is 0 Å². The zero-order valence-corrected chi connectivity index (χ0v) is 17.1. The highest BCUT2D eigenvalue weighted by Gasteiger charge is 2.17. The zero-order chi connectivity index (χ0) is 22.5. The Labute approximate surface area is 177 Å². The first-order valence-electron chi connectivity index (χ1n) is 8.44. The molecule has 0 aromatic heterocycles. The van der Waals surface area contributed by atoms with Gasteiger partial charge in [-0.05, 0) is 48.5 Å². The van der Waals surface area contributed by atoms with E-state index in [-0.39, 0.29) is 23.0 Å². The lowest BCUT2D eigenvalue weighted by Gasteiger charge is -2.21. The Bertz CT molecular complexity index is 1130. The second-order valence-corrected chi connectivity index (χ2v) is 7.78. The summed E-state index contributed by atoms with van der Waals surface area (Å²) >= 11 is 0. The monoisotopic (exact) mass is 472 g/mol. The normalized spacial score (nSPS) is 11.7. The van der Waals surface area contributed by atoms with Gasteiger partial charge in [-0.15, -0.1) is 0 Å². The maximum atomic E-state index is 12.6. The minimum atomic E-state index is -5.15. The van der Waals surface area contributed by atoms with Gasteiger partial charge in [0.25, 0.3) is 6.29 Å². The van der Waals surface area contributed by atoms with Crippen molar-refractivity contribution in [1.29, 1.82) is 0 Å². The number of halogens is 2. The predicted molar refractivity (Wildman–Crippen MR) is 105 cm³/mol. The molecule has 0 aliphatic carbocycles. The Morgan fingerprint density at radius 1 is 0.548 bits per heavy atom. The summed E-state index contributed by atoms with van der Waals surface area (Å²) in [7, 11) is -10.3. The molecule has 31 heavy (non-hydrogen) atoms. The molecule has 0 atom stereocenters. The SMILES string of the molecule is O=S(=O)(F)Oc1ccc(OC(Oc2ccc(OS(=O)(=O)F)cc2)c2ccccc2)cc1. The van der Waals surface area contributed by atoms with Crippen LogP contribution in [0.2, 0.25) is 0 Å². The van der Waals surface area contributed by atoms with Crippen LogP contribution < -0.4 is 17.8 Å². The molecule has 0 bridgehead atoms. The van der Waals surface area contributed by atoms with Crippen molar-refractivity contribution in [1.82, 2.24) is 0 Å². The van der Waals surface area contributed by atoms with Gasteiger partial charge in [0, 0.05) is 5.56 Å². The second-order valence-electron chi connectivity index (χ2n) is 5.87. The van der Waals surface area contributed by atoms with Crippen molar-refractivity contribution < 1.29 is 42.4 Å². The van der Waals surface area contributed by atoms with E-state index >= 15 is 0 Å². The third kappa shape index (κ3) is 7.42. The molecule has 0 amide bonds. The van der Waals surface area contributed by atoms with Gasteiger partial charge in [-0.1, -0.05) is 38.1 Å². The Morgan fingerprint density at radius 3 is 1.26 bits per heavy atom. The lowest BCUT2D eigenvalue weighted by atomic mass is 10.2. The van der Waals surface area contributed by atoms with E-state index in [0.717, 1.165) is 0 Å². The van der Waals surface area contributed by atoms with Gasteiger partial charge in [-0.25, -0.2) is 0 Å². The highest BCUT2D eigenvalue weighted by Crippen LogP contribution is 2.29. The molecular formula is C19H14F2O8S2. The van der Waals surface area contributed by atoms with Crippen LogP contribution in [0.4, 0.5) is 7.77 Å². The van der Waals surface area contributed by atoms with Gasteiger partial charge in [0.2, 0.25) is 0 Å². The van der Waals surface area contributed by atoms with Crippen molar-refractivity contribution in [3.05, 3.63) is 84.4 Å². The molecular weight excluding hydrogens is 458 g/mol. The Morgan fingerprint density at radius 2 is 0.903 bits per heavy atom. The van der Waals surface area contributed by atoms with E-state index < -0.39 is 27.3 Å². The van der Waals surface area contributed by atoms with Gasteiger partial charge in [0.15, 0.2) is 0 Å². The average molecular weight is 472 g/mol. The molecule has 0 saturated carbocycles. The number of hydrogen-bond acceptors (Lipinski definition) is 8. The van der Waals surface area contributed by atoms with Crippen molar-refractivity contribution in [2.75, 3.05) is 0 Å². The number of benzene rings is 3. The standard InChI is InChI=1S/C19H14F2O8S2/c20-30(22,23)28-17-10-6-15(7-11-17)26-19(14-4-2-1-3-5-14)27-16-8-12-18(13-9-16)29-31(21,24)25/h1-13,19H. The van der Waals surface area contributed by atoms with Crippen LogP contribution in [-0.2, 0) is 21.0 Å². The molecule has 0 aliphatic rings. The predicted octanol–water partition coefficient (Wildman–Crippen LogP) is 4.03. The molecule has 0 radical (unpaired) electrons. The van der Waals surface area contributed by atoms with E-state index in [1.807, 2.05) is 0 Å². The maximum absolute atomic E-state index is 12.6. The molecule has 164 valence electrons. The molecule has 0 fully saturated rings. The van der Waals surface area contributed by atoms with Gasteiger partial charge in [0.1, 0.15) is 23.0 Å². The average Bonchev–Trinajstić information content (AvgIpc) is 2.69. The fraction of sp³-hybridized carbons (Fsp3) is 0.0526. The van der Waals surface area contributed by atoms with Crippen LogP contribution in [0.25, 0.3) is 0 Å². The fourth-order valence-corrected chi connectivity index (χ4v) is 3.08. The molecule has 8 nitrogen and oxygen atoms in total. The molecule has 0 unspecified atom stereocenters. The highest BCUT2D eigenvalue weighted by molar-refractivity contribution is 7.82. The molecule has 0 saturated heterocycles. The minimum Gasteiger partial charge on any atom is -0.451 e. The van der Waals surface area contributed by atoms with Crippen LogP contribution in [0, 0.1) is 0 Å². The largest absolute Gasteiger partial charge is 0.488 e. The lowest BCUT2D eigenvalue weighted by molar-refractivity contribution is 0.00376. The molecule has 0 spiro atoms. The van der Waals surface area contributed by atoms with E-state index in [9.17, 15) is 24.6 Å². The minimum absolute atomic E-state index is 0.245. The summed E-state index contributed by atoms with van der Waals surface area (Å²) in [6, 6.07) is 18.9. The topological polar surface area (TPSA) is 105 Å². The summed E-state index contributed by atoms with van der Waals surface area (Å²) in [5, 5.41) is 0. The molecule has 3 rings (SSSR count). The second kappa shape index (κ2) is 9.18. The fourth-order valence-electron chi connectivity index (χ4n) is 2.39. The third-order valence-electron chi connectivity index (χ3n) is 3.60. The van der Waals surface area contributed by atoms with Crippen LogP contribution in [0.15, 0.2) is 78.9 Å². The summed E-state index contributed by atoms with van der Waals surface area (Å²) < 4.78 is 87.2. The molecule has 12 heteroatoms. The lowest BCUT2D eigenvalue weighted by Crippen LogP contribution is -2.15. The first-order valence-corrected chi connectivity index (χ1v) is 11.1. The summed E-state index contributed by atoms with van der Waals surface area (Å²) in [5.74, 6) is 0.0118. The number of ether oxygens (including phenoxy) is 2. The van der Waals surface area contributed by atoms with E-state index in [4.69, 9.17) is 9.47 Å². The molecule has 3 aromatic rings. The van der Waals surface area contributed by atoms with Gasteiger partial charge >= 0.3 is 21.0 Å².